The number of aromatic nitrogens is 3. The summed E-state index contributed by atoms with van der Waals surface area (Å²) in [6, 6.07) is 9.45. The Kier molecular flexibility index (Phi) is 4.32. The molecule has 27 heavy (non-hydrogen) atoms. The summed E-state index contributed by atoms with van der Waals surface area (Å²) in [6.07, 6.45) is 6.73. The highest BCUT2D eigenvalue weighted by atomic mass is 32.2. The normalized spacial score (nSPS) is 15.6. The van der Waals surface area contributed by atoms with Crippen LogP contribution >= 0.6 is 0 Å². The maximum atomic E-state index is 14.5. The Morgan fingerprint density at radius 3 is 2.67 bits per heavy atom. The van der Waals surface area contributed by atoms with Gasteiger partial charge in [-0.3, -0.25) is 4.98 Å². The molecule has 1 N–H and O–H groups in total. The van der Waals surface area contributed by atoms with Crippen molar-refractivity contribution in [1.29, 1.82) is 0 Å². The molecule has 4 rings (SSSR count). The summed E-state index contributed by atoms with van der Waals surface area (Å²) < 4.78 is 43.7. The Bertz CT molecular complexity index is 1080. The van der Waals surface area contributed by atoms with Crippen LogP contribution < -0.4 is 4.72 Å². The number of hydrogen-bond donors (Lipinski definition) is 1. The molecule has 1 aromatic carbocycles. The van der Waals surface area contributed by atoms with Crippen molar-refractivity contribution in [2.45, 2.75) is 30.1 Å². The van der Waals surface area contributed by atoms with E-state index in [1.54, 1.807) is 18.6 Å². The van der Waals surface area contributed by atoms with Gasteiger partial charge < -0.3 is 0 Å². The maximum Gasteiger partial charge on any atom is 0.240 e. The third kappa shape index (κ3) is 3.50. The van der Waals surface area contributed by atoms with Gasteiger partial charge in [0.1, 0.15) is 11.5 Å². The van der Waals surface area contributed by atoms with Crippen molar-refractivity contribution in [3.05, 3.63) is 72.1 Å². The molecular weight excluding hydrogens is 367 g/mol. The molecule has 2 heterocycles. The molecule has 0 aliphatic heterocycles. The van der Waals surface area contributed by atoms with E-state index in [4.69, 9.17) is 0 Å². The molecule has 0 spiro atoms. The number of rotatable bonds is 6. The minimum absolute atomic E-state index is 0.107. The Morgan fingerprint density at radius 2 is 2.07 bits per heavy atom. The van der Waals surface area contributed by atoms with Crippen LogP contribution in [0.4, 0.5) is 4.39 Å². The molecule has 3 aromatic rings. The van der Waals surface area contributed by atoms with Crippen molar-refractivity contribution < 1.29 is 12.8 Å². The topological polar surface area (TPSA) is 76.9 Å². The first-order valence-corrected chi connectivity index (χ1v) is 10.1. The fourth-order valence-electron chi connectivity index (χ4n) is 3.05. The molecule has 2 aromatic heterocycles. The molecule has 0 atom stereocenters. The molecule has 8 heteroatoms. The van der Waals surface area contributed by atoms with Crippen molar-refractivity contribution in [2.24, 2.45) is 0 Å². The predicted molar refractivity (Wildman–Crippen MR) is 98.6 cm³/mol. The quantitative estimate of drug-likeness (QED) is 0.707. The smallest absolute Gasteiger partial charge is 0.240 e. The number of halogens is 1. The van der Waals surface area contributed by atoms with Crippen molar-refractivity contribution in [3.8, 4) is 5.69 Å². The zero-order chi connectivity index (χ0) is 19.1. The maximum absolute atomic E-state index is 14.5. The van der Waals surface area contributed by atoms with Crippen LogP contribution in [0.25, 0.3) is 5.69 Å². The van der Waals surface area contributed by atoms with E-state index in [1.807, 2.05) is 25.1 Å². The monoisotopic (exact) mass is 386 g/mol. The van der Waals surface area contributed by atoms with Crippen molar-refractivity contribution in [1.82, 2.24) is 19.5 Å². The Labute approximate surface area is 157 Å². The van der Waals surface area contributed by atoms with E-state index in [9.17, 15) is 12.8 Å². The summed E-state index contributed by atoms with van der Waals surface area (Å²) in [7, 11) is -3.83. The number of benzene rings is 1. The van der Waals surface area contributed by atoms with Gasteiger partial charge in [-0.25, -0.2) is 22.2 Å². The molecule has 0 bridgehead atoms. The molecule has 0 unspecified atom stereocenters. The van der Waals surface area contributed by atoms with Crippen molar-refractivity contribution in [3.63, 3.8) is 0 Å². The van der Waals surface area contributed by atoms with Gasteiger partial charge in [0.25, 0.3) is 0 Å². The summed E-state index contributed by atoms with van der Waals surface area (Å²) in [4.78, 5) is 4.24. The summed E-state index contributed by atoms with van der Waals surface area (Å²) in [5, 5.41) is 4.05. The van der Waals surface area contributed by atoms with Crippen LogP contribution in [0.5, 0.6) is 0 Å². The average Bonchev–Trinajstić information content (AvgIpc) is 3.35. The minimum Gasteiger partial charge on any atom is -0.261 e. The molecule has 0 radical (unpaired) electrons. The second kappa shape index (κ2) is 6.54. The van der Waals surface area contributed by atoms with Gasteiger partial charge >= 0.3 is 0 Å². The van der Waals surface area contributed by atoms with Gasteiger partial charge in [0.05, 0.1) is 11.1 Å². The lowest BCUT2D eigenvalue weighted by molar-refractivity contribution is 0.560. The van der Waals surface area contributed by atoms with Crippen molar-refractivity contribution >= 4 is 10.0 Å². The SMILES string of the molecule is Cc1cnn(-c2ccc(S(=O)(=O)NCC3(c4ccccn4)CC3)cc2F)c1. The second-order valence-corrected chi connectivity index (χ2v) is 8.66. The average molecular weight is 386 g/mol. The lowest BCUT2D eigenvalue weighted by atomic mass is 10.0. The highest BCUT2D eigenvalue weighted by Gasteiger charge is 2.46. The summed E-state index contributed by atoms with van der Waals surface area (Å²) in [5.74, 6) is -0.646. The molecule has 6 nitrogen and oxygen atoms in total. The first-order chi connectivity index (χ1) is 12.9. The van der Waals surface area contributed by atoms with E-state index < -0.39 is 15.8 Å². The molecule has 1 saturated carbocycles. The Balaban J connectivity index is 1.53. The fraction of sp³-hybridized carbons (Fsp3) is 0.263. The third-order valence-corrected chi connectivity index (χ3v) is 6.25. The highest BCUT2D eigenvalue weighted by molar-refractivity contribution is 7.89. The van der Waals surface area contributed by atoms with Gasteiger partial charge in [0.2, 0.25) is 10.0 Å². The van der Waals surface area contributed by atoms with E-state index in [0.29, 0.717) is 0 Å². The molecular formula is C19H19FN4O2S. The standard InChI is InChI=1S/C19H19FN4O2S/c1-14-11-22-24(12-14)17-6-5-15(10-16(17)20)27(25,26)23-13-19(7-8-19)18-4-2-3-9-21-18/h2-6,9-12,23H,7-8,13H2,1H3. The fourth-order valence-corrected chi connectivity index (χ4v) is 4.19. The minimum atomic E-state index is -3.83. The molecule has 0 amide bonds. The van der Waals surface area contributed by atoms with E-state index in [2.05, 4.69) is 14.8 Å². The van der Waals surface area contributed by atoms with E-state index >= 15 is 0 Å². The van der Waals surface area contributed by atoms with Gasteiger partial charge in [0.15, 0.2) is 0 Å². The second-order valence-electron chi connectivity index (χ2n) is 6.90. The zero-order valence-corrected chi connectivity index (χ0v) is 15.6. The molecule has 140 valence electrons. The van der Waals surface area contributed by atoms with Crippen molar-refractivity contribution in [2.75, 3.05) is 6.54 Å². The number of hydrogen-bond acceptors (Lipinski definition) is 4. The van der Waals surface area contributed by atoms with Gasteiger partial charge in [-0.15, -0.1) is 0 Å². The predicted octanol–water partition coefficient (Wildman–Crippen LogP) is 2.72. The van der Waals surface area contributed by atoms with Crippen LogP contribution in [-0.2, 0) is 15.4 Å². The van der Waals surface area contributed by atoms with Crippen LogP contribution in [0.1, 0.15) is 24.1 Å². The molecule has 1 fully saturated rings. The van der Waals surface area contributed by atoms with Gasteiger partial charge in [-0.1, -0.05) is 6.07 Å². The number of pyridine rings is 1. The van der Waals surface area contributed by atoms with Crippen LogP contribution in [0, 0.1) is 12.7 Å². The van der Waals surface area contributed by atoms with Gasteiger partial charge in [-0.05, 0) is 55.7 Å². The van der Waals surface area contributed by atoms with E-state index in [1.165, 1.54) is 16.8 Å². The molecule has 1 aliphatic rings. The number of nitrogens with one attached hydrogen (secondary N) is 1. The van der Waals surface area contributed by atoms with E-state index in [-0.39, 0.29) is 22.5 Å². The van der Waals surface area contributed by atoms with Crippen LogP contribution in [0.15, 0.2) is 59.9 Å². The summed E-state index contributed by atoms with van der Waals surface area (Å²) >= 11 is 0. The largest absolute Gasteiger partial charge is 0.261 e. The first kappa shape index (κ1) is 17.8. The highest BCUT2D eigenvalue weighted by Crippen LogP contribution is 2.46. The van der Waals surface area contributed by atoms with Gasteiger partial charge in [-0.2, -0.15) is 5.10 Å². The van der Waals surface area contributed by atoms with Crippen LogP contribution in [0.3, 0.4) is 0 Å². The summed E-state index contributed by atoms with van der Waals surface area (Å²) in [6.45, 7) is 2.09. The van der Waals surface area contributed by atoms with Gasteiger partial charge in [0, 0.05) is 30.0 Å². The third-order valence-electron chi connectivity index (χ3n) is 4.85. The summed E-state index contributed by atoms with van der Waals surface area (Å²) in [5.41, 5.74) is 1.70. The number of aryl methyl sites for hydroxylation is 1. The lowest BCUT2D eigenvalue weighted by Gasteiger charge is -2.16. The Morgan fingerprint density at radius 1 is 1.26 bits per heavy atom. The lowest BCUT2D eigenvalue weighted by Crippen LogP contribution is -2.32. The molecule has 0 saturated heterocycles. The Hall–Kier alpha value is -2.58. The van der Waals surface area contributed by atoms with Crippen LogP contribution in [-0.4, -0.2) is 29.7 Å². The first-order valence-electron chi connectivity index (χ1n) is 8.62. The number of nitrogens with zero attached hydrogens (tertiary/aromatic N) is 3. The van der Waals surface area contributed by atoms with Crippen LogP contribution in [0.2, 0.25) is 0 Å². The zero-order valence-electron chi connectivity index (χ0n) is 14.8. The van der Waals surface area contributed by atoms with E-state index in [0.717, 1.165) is 30.2 Å². The molecule has 1 aliphatic carbocycles. The number of sulfonamides is 1.